The summed E-state index contributed by atoms with van der Waals surface area (Å²) in [7, 11) is 0. The Balaban J connectivity index is 1.12. The number of carboxylic acids is 1. The fraction of sp³-hybridized carbons (Fsp3) is 0.450. The van der Waals surface area contributed by atoms with Gasteiger partial charge in [0.2, 0.25) is 0 Å². The average molecular weight is 940 g/mol. The predicted molar refractivity (Wildman–Crippen MR) is 228 cm³/mol. The highest BCUT2D eigenvalue weighted by Gasteiger charge is 2.51. The van der Waals surface area contributed by atoms with Gasteiger partial charge in [0.1, 0.15) is 29.1 Å². The van der Waals surface area contributed by atoms with Gasteiger partial charge < -0.3 is 48.9 Å². The van der Waals surface area contributed by atoms with Crippen LogP contribution in [0.3, 0.4) is 0 Å². The molecule has 14 nitrogen and oxygen atoms in total. The number of ether oxygens (including phenoxy) is 2. The molecule has 1 aliphatic heterocycles. The summed E-state index contributed by atoms with van der Waals surface area (Å²) in [6.07, 6.45) is -4.80. The van der Waals surface area contributed by atoms with Gasteiger partial charge in [0, 0.05) is 60.7 Å². The molecule has 3 aromatic rings. The lowest BCUT2D eigenvalue weighted by Crippen LogP contribution is -2.58. The maximum absolute atomic E-state index is 12.7. The van der Waals surface area contributed by atoms with Crippen LogP contribution in [0.1, 0.15) is 56.8 Å². The van der Waals surface area contributed by atoms with Gasteiger partial charge >= 0.3 is 5.97 Å². The topological polar surface area (TPSA) is 213 Å². The van der Waals surface area contributed by atoms with Crippen molar-refractivity contribution in [3.63, 3.8) is 0 Å². The number of hydrogen-bond acceptors (Lipinski definition) is 12. The van der Waals surface area contributed by atoms with Crippen LogP contribution in [0.2, 0.25) is 0 Å². The van der Waals surface area contributed by atoms with Gasteiger partial charge in [-0.25, -0.2) is 4.79 Å². The smallest absolute Gasteiger partial charge is 0.364 e. The number of benzene rings is 3. The van der Waals surface area contributed by atoms with E-state index in [2.05, 4.69) is 16.0 Å². The molecule has 0 aliphatic carbocycles. The zero-order valence-electron chi connectivity index (χ0n) is 31.3. The van der Waals surface area contributed by atoms with Crippen LogP contribution in [-0.2, 0) is 17.3 Å². The van der Waals surface area contributed by atoms with Gasteiger partial charge in [0.05, 0.1) is 31.5 Å². The van der Waals surface area contributed by atoms with Crippen molar-refractivity contribution >= 4 is 70.2 Å². The molecule has 0 bridgehead atoms. The number of thioether (sulfide) groups is 2. The highest BCUT2D eigenvalue weighted by Crippen LogP contribution is 2.33. The zero-order chi connectivity index (χ0) is 41.0. The molecule has 3 amide bonds. The SMILES string of the molecule is O=C(NCCSCCCOI)c1ccc(C(=O)NCCSCCCO[C@]2(C(=O)O)C[C@H](O)C[C@H]([C@H](O)[C@H](O)CNC(=O)c3ccc(-c4ccccc4)cc3)O2)cc1. The molecule has 0 spiro atoms. The first-order chi connectivity index (χ1) is 27.5. The molecule has 1 aliphatic rings. The number of amides is 3. The number of aliphatic carboxylic acids is 1. The van der Waals surface area contributed by atoms with Crippen molar-refractivity contribution in [3.05, 3.63) is 95.6 Å². The number of rotatable bonds is 24. The normalized spacial score (nSPS) is 18.9. The number of halogens is 1. The number of carbonyl (C=O) groups is 4. The van der Waals surface area contributed by atoms with Crippen molar-refractivity contribution in [2.45, 2.75) is 55.9 Å². The van der Waals surface area contributed by atoms with E-state index in [9.17, 15) is 39.6 Å². The highest BCUT2D eigenvalue weighted by molar-refractivity contribution is 14.1. The maximum atomic E-state index is 12.7. The minimum atomic E-state index is -2.25. The second-order valence-electron chi connectivity index (χ2n) is 13.2. The monoisotopic (exact) mass is 939 g/mol. The summed E-state index contributed by atoms with van der Waals surface area (Å²) < 4.78 is 16.4. The average Bonchev–Trinajstić information content (AvgIpc) is 3.23. The molecule has 3 aromatic carbocycles. The fourth-order valence-electron chi connectivity index (χ4n) is 5.88. The zero-order valence-corrected chi connectivity index (χ0v) is 35.1. The van der Waals surface area contributed by atoms with Crippen molar-refractivity contribution in [1.29, 1.82) is 0 Å². The number of carboxylic acid groups (broad SMARTS) is 1. The molecule has 17 heteroatoms. The van der Waals surface area contributed by atoms with Crippen molar-refractivity contribution < 1.29 is 52.1 Å². The highest BCUT2D eigenvalue weighted by atomic mass is 127. The van der Waals surface area contributed by atoms with Crippen LogP contribution >= 0.6 is 46.5 Å². The molecule has 0 aromatic heterocycles. The third-order valence-corrected chi connectivity index (χ3v) is 11.5. The lowest BCUT2D eigenvalue weighted by atomic mass is 9.93. The van der Waals surface area contributed by atoms with Crippen LogP contribution in [0, 0.1) is 0 Å². The minimum absolute atomic E-state index is 0.0320. The molecule has 310 valence electrons. The summed E-state index contributed by atoms with van der Waals surface area (Å²) in [6.45, 7) is 1.25. The van der Waals surface area contributed by atoms with Crippen molar-refractivity contribution in [2.24, 2.45) is 0 Å². The van der Waals surface area contributed by atoms with Gasteiger partial charge in [0.25, 0.3) is 23.5 Å². The molecule has 0 radical (unpaired) electrons. The first-order valence-corrected chi connectivity index (χ1v) is 21.8. The first kappa shape index (κ1) is 46.4. The number of carbonyl (C=O) groups excluding carboxylic acids is 3. The van der Waals surface area contributed by atoms with Gasteiger partial charge in [-0.15, -0.1) is 0 Å². The molecule has 1 heterocycles. The summed E-state index contributed by atoms with van der Waals surface area (Å²) in [6, 6.07) is 23.0. The second kappa shape index (κ2) is 24.6. The Labute approximate surface area is 354 Å². The maximum Gasteiger partial charge on any atom is 0.364 e. The van der Waals surface area contributed by atoms with Gasteiger partial charge in [-0.1, -0.05) is 42.5 Å². The Kier molecular flexibility index (Phi) is 20.0. The van der Waals surface area contributed by atoms with Gasteiger partial charge in [-0.3, -0.25) is 14.4 Å². The summed E-state index contributed by atoms with van der Waals surface area (Å²) in [5.74, 6) is -1.75. The summed E-state index contributed by atoms with van der Waals surface area (Å²) in [4.78, 5) is 50.0. The minimum Gasteiger partial charge on any atom is -0.477 e. The molecule has 7 N–H and O–H groups in total. The number of nitrogens with one attached hydrogen (secondary N) is 3. The molecule has 1 saturated heterocycles. The number of aliphatic hydroxyl groups is 3. The number of hydrogen-bond donors (Lipinski definition) is 7. The molecule has 0 saturated carbocycles. The first-order valence-electron chi connectivity index (χ1n) is 18.6. The lowest BCUT2D eigenvalue weighted by molar-refractivity contribution is -0.304. The molecule has 0 unspecified atom stereocenters. The van der Waals surface area contributed by atoms with Gasteiger partial charge in [-0.2, -0.15) is 23.5 Å². The van der Waals surface area contributed by atoms with Crippen LogP contribution in [0.15, 0.2) is 78.9 Å². The van der Waals surface area contributed by atoms with E-state index in [1.807, 2.05) is 53.3 Å². The van der Waals surface area contributed by atoms with E-state index in [1.165, 1.54) is 11.8 Å². The van der Waals surface area contributed by atoms with Crippen LogP contribution in [0.4, 0.5) is 0 Å². The number of aliphatic hydroxyl groups excluding tert-OH is 3. The van der Waals surface area contributed by atoms with E-state index in [0.717, 1.165) is 29.1 Å². The van der Waals surface area contributed by atoms with Crippen LogP contribution < -0.4 is 16.0 Å². The van der Waals surface area contributed by atoms with E-state index >= 15 is 0 Å². The van der Waals surface area contributed by atoms with Crippen LogP contribution in [0.5, 0.6) is 0 Å². The molecular formula is C40H50IN3O11S2. The molecule has 4 rings (SSSR count). The standard InChI is InChI=1S/C40H50IN3O11S2/c41-54-19-5-21-57-23-17-43-37(49)30-14-12-29(13-15-30)36(48)42-16-22-56-20-4-18-53-40(39(51)52)25-32(45)24-34(55-40)35(47)33(46)26-44-38(50)31-10-8-28(9-11-31)27-6-2-1-3-7-27/h1-3,6-15,32-35,45-47H,4-5,16-26H2,(H,42,48)(H,43,49)(H,44,50)(H,51,52)/t32-,33-,34-,35-,40-/m1/s1. The molecule has 5 atom stereocenters. The largest absolute Gasteiger partial charge is 0.477 e. The Morgan fingerprint density at radius 2 is 1.26 bits per heavy atom. The molecular weight excluding hydrogens is 889 g/mol. The summed E-state index contributed by atoms with van der Waals surface area (Å²) in [5, 5.41) is 50.5. The van der Waals surface area contributed by atoms with E-state index < -0.39 is 42.1 Å². The van der Waals surface area contributed by atoms with E-state index in [4.69, 9.17) is 12.5 Å². The summed E-state index contributed by atoms with van der Waals surface area (Å²) in [5.41, 5.74) is 3.17. The third kappa shape index (κ3) is 15.1. The van der Waals surface area contributed by atoms with Crippen LogP contribution in [-0.4, -0.2) is 130 Å². The predicted octanol–water partition coefficient (Wildman–Crippen LogP) is 3.92. The second-order valence-corrected chi connectivity index (χ2v) is 16.3. The lowest BCUT2D eigenvalue weighted by Gasteiger charge is -2.42. The summed E-state index contributed by atoms with van der Waals surface area (Å²) >= 11 is 5.13. The van der Waals surface area contributed by atoms with E-state index in [0.29, 0.717) is 54.3 Å². The van der Waals surface area contributed by atoms with Gasteiger partial charge in [-0.05, 0) is 71.9 Å². The van der Waals surface area contributed by atoms with Gasteiger partial charge in [0.15, 0.2) is 0 Å². The van der Waals surface area contributed by atoms with Crippen LogP contribution in [0.25, 0.3) is 11.1 Å². The Morgan fingerprint density at radius 1 is 0.754 bits per heavy atom. The van der Waals surface area contributed by atoms with Crippen molar-refractivity contribution in [1.82, 2.24) is 16.0 Å². The third-order valence-electron chi connectivity index (χ3n) is 8.93. The van der Waals surface area contributed by atoms with Crippen molar-refractivity contribution in [3.8, 4) is 11.1 Å². The Morgan fingerprint density at radius 3 is 1.81 bits per heavy atom. The molecule has 57 heavy (non-hydrogen) atoms. The fourth-order valence-corrected chi connectivity index (χ4v) is 7.74. The Bertz CT molecular complexity index is 1710. The quantitative estimate of drug-likeness (QED) is 0.0502. The molecule has 1 fully saturated rings. The van der Waals surface area contributed by atoms with E-state index in [-0.39, 0.29) is 37.8 Å². The Hall–Kier alpha value is -3.27. The van der Waals surface area contributed by atoms with E-state index in [1.54, 1.807) is 60.3 Å². The van der Waals surface area contributed by atoms with Crippen molar-refractivity contribution in [2.75, 3.05) is 55.9 Å².